The molecule has 1 aliphatic carbocycles. The van der Waals surface area contributed by atoms with Gasteiger partial charge in [-0.25, -0.2) is 0 Å². The summed E-state index contributed by atoms with van der Waals surface area (Å²) in [6.45, 7) is 2.51. The van der Waals surface area contributed by atoms with Gasteiger partial charge in [0.1, 0.15) is 5.69 Å². The number of amides is 1. The van der Waals surface area contributed by atoms with E-state index in [4.69, 9.17) is 5.73 Å². The van der Waals surface area contributed by atoms with E-state index in [9.17, 15) is 4.79 Å². The number of hydrogen-bond donors (Lipinski definition) is 1. The van der Waals surface area contributed by atoms with Crippen molar-refractivity contribution < 1.29 is 4.79 Å². The second-order valence-corrected chi connectivity index (χ2v) is 5.58. The van der Waals surface area contributed by atoms with E-state index < -0.39 is 0 Å². The smallest absolute Gasteiger partial charge is 0.273 e. The summed E-state index contributed by atoms with van der Waals surface area (Å²) in [7, 11) is 0. The molecule has 2 aromatic rings. The lowest BCUT2D eigenvalue weighted by Crippen LogP contribution is -2.33. The number of nitrogen functional groups attached to an aromatic ring is 1. The topological polar surface area (TPSA) is 59.2 Å². The van der Waals surface area contributed by atoms with Crippen LogP contribution in [0.25, 0.3) is 0 Å². The number of carbonyl (C=O) groups excluding carboxylic acids is 1. The molecule has 4 heteroatoms. The minimum atomic E-state index is 0.0121. The lowest BCUT2D eigenvalue weighted by Gasteiger charge is -2.23. The number of aryl methyl sites for hydroxylation is 1. The van der Waals surface area contributed by atoms with Crippen LogP contribution in [-0.2, 0) is 6.54 Å². The van der Waals surface area contributed by atoms with Crippen LogP contribution in [0.4, 0.5) is 5.69 Å². The molecule has 21 heavy (non-hydrogen) atoms. The summed E-state index contributed by atoms with van der Waals surface area (Å²) >= 11 is 0. The zero-order valence-corrected chi connectivity index (χ0v) is 12.1. The van der Waals surface area contributed by atoms with Gasteiger partial charge in [-0.1, -0.05) is 18.2 Å². The Bertz CT molecular complexity index is 665. The van der Waals surface area contributed by atoms with Crippen molar-refractivity contribution in [3.8, 4) is 0 Å². The Labute approximate surface area is 124 Å². The molecule has 2 N–H and O–H groups in total. The van der Waals surface area contributed by atoms with Gasteiger partial charge in [-0.05, 0) is 49.1 Å². The normalized spacial score (nSPS) is 14.0. The summed E-state index contributed by atoms with van der Waals surface area (Å²) in [6, 6.07) is 11.8. The molecular weight excluding hydrogens is 262 g/mol. The Morgan fingerprint density at radius 1 is 1.33 bits per heavy atom. The summed E-state index contributed by atoms with van der Waals surface area (Å²) in [5.74, 6) is 0.0121. The van der Waals surface area contributed by atoms with Gasteiger partial charge in [0, 0.05) is 24.5 Å². The Balaban J connectivity index is 1.85. The first-order chi connectivity index (χ1) is 10.1. The van der Waals surface area contributed by atoms with E-state index >= 15 is 0 Å². The van der Waals surface area contributed by atoms with Crippen LogP contribution in [0, 0.1) is 6.92 Å². The van der Waals surface area contributed by atoms with Gasteiger partial charge in [-0.2, -0.15) is 0 Å². The predicted molar refractivity (Wildman–Crippen MR) is 82.7 cm³/mol. The molecule has 0 spiro atoms. The second-order valence-electron chi connectivity index (χ2n) is 5.58. The van der Waals surface area contributed by atoms with E-state index in [1.54, 1.807) is 6.20 Å². The predicted octanol–water partition coefficient (Wildman–Crippen LogP) is 2.78. The van der Waals surface area contributed by atoms with Crippen LogP contribution >= 0.6 is 0 Å². The lowest BCUT2D eigenvalue weighted by atomic mass is 10.1. The zero-order chi connectivity index (χ0) is 14.8. The van der Waals surface area contributed by atoms with Crippen LogP contribution in [0.2, 0.25) is 0 Å². The van der Waals surface area contributed by atoms with Gasteiger partial charge in [0.2, 0.25) is 0 Å². The summed E-state index contributed by atoms with van der Waals surface area (Å²) in [5.41, 5.74) is 9.07. The molecule has 4 nitrogen and oxygen atoms in total. The summed E-state index contributed by atoms with van der Waals surface area (Å²) in [5, 5.41) is 0. The van der Waals surface area contributed by atoms with Crippen molar-refractivity contribution in [3.63, 3.8) is 0 Å². The molecule has 0 atom stereocenters. The van der Waals surface area contributed by atoms with E-state index in [0.717, 1.165) is 29.7 Å². The van der Waals surface area contributed by atoms with Crippen molar-refractivity contribution in [2.24, 2.45) is 0 Å². The first kappa shape index (κ1) is 13.6. The number of benzene rings is 1. The second kappa shape index (κ2) is 5.56. The highest BCUT2D eigenvalue weighted by Crippen LogP contribution is 2.30. The fourth-order valence-corrected chi connectivity index (χ4v) is 2.49. The Morgan fingerprint density at radius 2 is 2.14 bits per heavy atom. The minimum absolute atomic E-state index is 0.0121. The Morgan fingerprint density at radius 3 is 2.81 bits per heavy atom. The number of rotatable bonds is 4. The highest BCUT2D eigenvalue weighted by Gasteiger charge is 2.34. The quantitative estimate of drug-likeness (QED) is 0.877. The van der Waals surface area contributed by atoms with Crippen LogP contribution in [0.3, 0.4) is 0 Å². The van der Waals surface area contributed by atoms with E-state index in [1.165, 1.54) is 0 Å². The van der Waals surface area contributed by atoms with E-state index in [0.29, 0.717) is 18.3 Å². The van der Waals surface area contributed by atoms with E-state index in [1.807, 2.05) is 48.2 Å². The maximum atomic E-state index is 12.8. The van der Waals surface area contributed by atoms with Crippen molar-refractivity contribution >= 4 is 11.6 Å². The molecular formula is C17H19N3O. The number of nitrogens with zero attached hydrogens (tertiary/aromatic N) is 2. The molecule has 0 unspecified atom stereocenters. The third kappa shape index (κ3) is 3.05. The van der Waals surface area contributed by atoms with Crippen LogP contribution in [0.1, 0.15) is 34.5 Å². The van der Waals surface area contributed by atoms with Crippen LogP contribution in [0.15, 0.2) is 42.6 Å². The zero-order valence-electron chi connectivity index (χ0n) is 12.1. The molecule has 1 aromatic carbocycles. The van der Waals surface area contributed by atoms with Gasteiger partial charge < -0.3 is 10.6 Å². The molecule has 108 valence electrons. The SMILES string of the molecule is Cc1cccnc1C(=O)N(Cc1cccc(N)c1)C1CC1. The van der Waals surface area contributed by atoms with Crippen molar-refractivity contribution in [2.45, 2.75) is 32.4 Å². The highest BCUT2D eigenvalue weighted by atomic mass is 16.2. The molecule has 3 rings (SSSR count). The summed E-state index contributed by atoms with van der Waals surface area (Å²) in [6.07, 6.45) is 3.81. The Kier molecular flexibility index (Phi) is 3.60. The average Bonchev–Trinajstić information content (AvgIpc) is 3.29. The fourth-order valence-electron chi connectivity index (χ4n) is 2.49. The molecule has 1 aromatic heterocycles. The van der Waals surface area contributed by atoms with Crippen molar-refractivity contribution in [2.75, 3.05) is 5.73 Å². The first-order valence-corrected chi connectivity index (χ1v) is 7.22. The van der Waals surface area contributed by atoms with Crippen molar-refractivity contribution in [1.29, 1.82) is 0 Å². The maximum Gasteiger partial charge on any atom is 0.273 e. The molecule has 1 aliphatic rings. The average molecular weight is 281 g/mol. The standard InChI is InChI=1S/C17H19N3O/c1-12-4-3-9-19-16(12)17(21)20(15-7-8-15)11-13-5-2-6-14(18)10-13/h2-6,9-10,15H,7-8,11,18H2,1H3. The van der Waals surface area contributed by atoms with Crippen LogP contribution in [-0.4, -0.2) is 21.8 Å². The third-order valence-electron chi connectivity index (χ3n) is 3.76. The van der Waals surface area contributed by atoms with Gasteiger partial charge in [0.05, 0.1) is 0 Å². The number of carbonyl (C=O) groups is 1. The molecule has 0 bridgehead atoms. The molecule has 1 fully saturated rings. The van der Waals surface area contributed by atoms with E-state index in [-0.39, 0.29) is 5.91 Å². The van der Waals surface area contributed by atoms with E-state index in [2.05, 4.69) is 4.98 Å². The largest absolute Gasteiger partial charge is 0.399 e. The first-order valence-electron chi connectivity index (χ1n) is 7.22. The molecule has 0 aliphatic heterocycles. The lowest BCUT2D eigenvalue weighted by molar-refractivity contribution is 0.0723. The molecule has 0 saturated heterocycles. The molecule has 1 saturated carbocycles. The van der Waals surface area contributed by atoms with Crippen LogP contribution < -0.4 is 5.73 Å². The van der Waals surface area contributed by atoms with Crippen LogP contribution in [0.5, 0.6) is 0 Å². The number of aromatic nitrogens is 1. The number of hydrogen-bond acceptors (Lipinski definition) is 3. The van der Waals surface area contributed by atoms with Crippen molar-refractivity contribution in [1.82, 2.24) is 9.88 Å². The molecule has 1 amide bonds. The van der Waals surface area contributed by atoms with Gasteiger partial charge >= 0.3 is 0 Å². The number of anilines is 1. The highest BCUT2D eigenvalue weighted by molar-refractivity contribution is 5.94. The van der Waals surface area contributed by atoms with Gasteiger partial charge in [0.25, 0.3) is 5.91 Å². The maximum absolute atomic E-state index is 12.8. The molecule has 1 heterocycles. The third-order valence-corrected chi connectivity index (χ3v) is 3.76. The van der Waals surface area contributed by atoms with Gasteiger partial charge in [-0.15, -0.1) is 0 Å². The summed E-state index contributed by atoms with van der Waals surface area (Å²) < 4.78 is 0. The van der Waals surface area contributed by atoms with Gasteiger partial charge in [0.15, 0.2) is 0 Å². The minimum Gasteiger partial charge on any atom is -0.399 e. The molecule has 0 radical (unpaired) electrons. The fraction of sp³-hybridized carbons (Fsp3) is 0.294. The monoisotopic (exact) mass is 281 g/mol. The number of nitrogens with two attached hydrogens (primary N) is 1. The number of pyridine rings is 1. The van der Waals surface area contributed by atoms with Crippen molar-refractivity contribution in [3.05, 3.63) is 59.4 Å². The summed E-state index contributed by atoms with van der Waals surface area (Å²) in [4.78, 5) is 18.9. The Hall–Kier alpha value is -2.36. The van der Waals surface area contributed by atoms with Gasteiger partial charge in [-0.3, -0.25) is 9.78 Å².